The lowest BCUT2D eigenvalue weighted by Crippen LogP contribution is -2.12. The maximum atomic E-state index is 5.56. The molecular weight excluding hydrogens is 190 g/mol. The first kappa shape index (κ1) is 9.33. The number of anilines is 1. The summed E-state index contributed by atoms with van der Waals surface area (Å²) < 4.78 is 5.51. The van der Waals surface area contributed by atoms with E-state index >= 15 is 0 Å². The van der Waals surface area contributed by atoms with E-state index in [9.17, 15) is 0 Å². The Morgan fingerprint density at radius 3 is 2.60 bits per heavy atom. The van der Waals surface area contributed by atoms with E-state index in [1.165, 1.54) is 0 Å². The van der Waals surface area contributed by atoms with E-state index < -0.39 is 0 Å². The van der Waals surface area contributed by atoms with Crippen LogP contribution in [0.25, 0.3) is 0 Å². The van der Waals surface area contributed by atoms with Crippen LogP contribution in [0.3, 0.4) is 0 Å². The van der Waals surface area contributed by atoms with Gasteiger partial charge in [-0.2, -0.15) is 0 Å². The van der Waals surface area contributed by atoms with Crippen molar-refractivity contribution < 1.29 is 4.74 Å². The monoisotopic (exact) mass is 201 g/mol. The molecule has 76 valence electrons. The van der Waals surface area contributed by atoms with Crippen LogP contribution in [0.2, 0.25) is 0 Å². The summed E-state index contributed by atoms with van der Waals surface area (Å²) in [6.45, 7) is 3.64. The number of hydrogen-bond acceptors (Lipinski definition) is 4. The van der Waals surface area contributed by atoms with Gasteiger partial charge < -0.3 is 15.8 Å². The number of nitrogens with zero attached hydrogens (tertiary/aromatic N) is 1. The maximum absolute atomic E-state index is 5.56. The molecule has 0 unspecified atom stereocenters. The Bertz CT molecular complexity index is 432. The minimum absolute atomic E-state index is 0.597. The number of ether oxygens (including phenoxy) is 1. The molecule has 1 aromatic carbocycles. The molecule has 0 aromatic heterocycles. The zero-order chi connectivity index (χ0) is 10.7. The van der Waals surface area contributed by atoms with Gasteiger partial charge in [0.15, 0.2) is 5.76 Å². The van der Waals surface area contributed by atoms with Gasteiger partial charge in [0.25, 0.3) is 0 Å². The van der Waals surface area contributed by atoms with Crippen LogP contribution in [0.15, 0.2) is 53.6 Å². The first-order valence-electron chi connectivity index (χ1n) is 4.47. The van der Waals surface area contributed by atoms with Crippen LogP contribution >= 0.6 is 0 Å². The van der Waals surface area contributed by atoms with E-state index in [0.717, 1.165) is 5.75 Å². The predicted molar refractivity (Wildman–Crippen MR) is 60.3 cm³/mol. The Hall–Kier alpha value is -2.23. The van der Waals surface area contributed by atoms with Gasteiger partial charge in [-0.15, -0.1) is 0 Å². The summed E-state index contributed by atoms with van der Waals surface area (Å²) in [5, 5.41) is 2.86. The summed E-state index contributed by atoms with van der Waals surface area (Å²) in [4.78, 5) is 3.98. The SMILES string of the molecule is C=C1N=CC(Oc2ccc(N)cc2)=CN1. The van der Waals surface area contributed by atoms with Crippen molar-refractivity contribution in [2.75, 3.05) is 5.73 Å². The fourth-order valence-electron chi connectivity index (χ4n) is 1.10. The van der Waals surface area contributed by atoms with Gasteiger partial charge in [0.05, 0.1) is 6.21 Å². The molecule has 1 aliphatic rings. The normalized spacial score (nSPS) is 14.4. The molecule has 4 nitrogen and oxygen atoms in total. The number of nitrogens with one attached hydrogen (secondary N) is 1. The van der Waals surface area contributed by atoms with Gasteiger partial charge in [-0.25, -0.2) is 4.99 Å². The second kappa shape index (κ2) is 3.88. The van der Waals surface area contributed by atoms with Crippen LogP contribution < -0.4 is 15.8 Å². The predicted octanol–water partition coefficient (Wildman–Crippen LogP) is 1.63. The Kier molecular flexibility index (Phi) is 2.41. The highest BCUT2D eigenvalue weighted by Crippen LogP contribution is 2.16. The third-order valence-corrected chi connectivity index (χ3v) is 1.84. The number of hydrogen-bond donors (Lipinski definition) is 2. The number of aliphatic imine (C=N–C) groups is 1. The fraction of sp³-hybridized carbons (Fsp3) is 0. The topological polar surface area (TPSA) is 59.6 Å². The van der Waals surface area contributed by atoms with Gasteiger partial charge in [0.2, 0.25) is 0 Å². The third-order valence-electron chi connectivity index (χ3n) is 1.84. The molecule has 4 heteroatoms. The van der Waals surface area contributed by atoms with E-state index in [1.807, 2.05) is 0 Å². The summed E-state index contributed by atoms with van der Waals surface area (Å²) in [7, 11) is 0. The van der Waals surface area contributed by atoms with Crippen molar-refractivity contribution in [3.8, 4) is 5.75 Å². The highest BCUT2D eigenvalue weighted by atomic mass is 16.5. The second-order valence-corrected chi connectivity index (χ2v) is 3.07. The molecule has 1 aliphatic heterocycles. The number of rotatable bonds is 2. The van der Waals surface area contributed by atoms with Crippen LogP contribution in [-0.2, 0) is 0 Å². The van der Waals surface area contributed by atoms with Crippen LogP contribution in [0.1, 0.15) is 0 Å². The molecule has 3 N–H and O–H groups in total. The zero-order valence-electron chi connectivity index (χ0n) is 8.10. The molecule has 0 aliphatic carbocycles. The highest BCUT2D eigenvalue weighted by Gasteiger charge is 2.02. The average Bonchev–Trinajstić information content (AvgIpc) is 2.25. The lowest BCUT2D eigenvalue weighted by atomic mass is 10.3. The van der Waals surface area contributed by atoms with Crippen molar-refractivity contribution in [1.82, 2.24) is 5.32 Å². The Labute approximate surface area is 87.8 Å². The molecule has 0 saturated carbocycles. The molecule has 0 radical (unpaired) electrons. The summed E-state index contributed by atoms with van der Waals surface area (Å²) in [5.41, 5.74) is 6.27. The molecule has 15 heavy (non-hydrogen) atoms. The van der Waals surface area contributed by atoms with E-state index in [4.69, 9.17) is 10.5 Å². The smallest absolute Gasteiger partial charge is 0.161 e. The van der Waals surface area contributed by atoms with E-state index in [-0.39, 0.29) is 0 Å². The zero-order valence-corrected chi connectivity index (χ0v) is 8.10. The molecule has 0 atom stereocenters. The van der Waals surface area contributed by atoms with Crippen LogP contribution in [0.5, 0.6) is 5.75 Å². The van der Waals surface area contributed by atoms with Gasteiger partial charge in [-0.3, -0.25) is 0 Å². The van der Waals surface area contributed by atoms with Gasteiger partial charge in [0, 0.05) is 11.9 Å². The standard InChI is InChI=1S/C11H11N3O/c1-8-13-6-11(7-14-8)15-10-4-2-9(12)3-5-10/h2-7,13H,1,12H2. The summed E-state index contributed by atoms with van der Waals surface area (Å²) in [6, 6.07) is 7.16. The van der Waals surface area contributed by atoms with Gasteiger partial charge >= 0.3 is 0 Å². The van der Waals surface area contributed by atoms with Crippen LogP contribution in [0, 0.1) is 0 Å². The van der Waals surface area contributed by atoms with Crippen molar-refractivity contribution in [2.24, 2.45) is 4.99 Å². The fourth-order valence-corrected chi connectivity index (χ4v) is 1.10. The Balaban J connectivity index is 2.07. The van der Waals surface area contributed by atoms with Crippen molar-refractivity contribution in [3.05, 3.63) is 48.6 Å². The first-order valence-corrected chi connectivity index (χ1v) is 4.47. The number of nitrogens with two attached hydrogens (primary N) is 1. The van der Waals surface area contributed by atoms with Crippen molar-refractivity contribution in [3.63, 3.8) is 0 Å². The molecular formula is C11H11N3O. The lowest BCUT2D eigenvalue weighted by Gasteiger charge is -2.10. The highest BCUT2D eigenvalue weighted by molar-refractivity contribution is 5.78. The molecule has 0 fully saturated rings. The number of allylic oxidation sites excluding steroid dienone is 1. The number of benzene rings is 1. The van der Waals surface area contributed by atoms with E-state index in [0.29, 0.717) is 17.3 Å². The average molecular weight is 201 g/mol. The third kappa shape index (κ3) is 2.37. The molecule has 2 rings (SSSR count). The molecule has 0 amide bonds. The summed E-state index contributed by atoms with van der Waals surface area (Å²) >= 11 is 0. The molecule has 0 saturated heterocycles. The Morgan fingerprint density at radius 1 is 1.27 bits per heavy atom. The minimum Gasteiger partial charge on any atom is -0.454 e. The number of nitrogen functional groups attached to an aromatic ring is 1. The minimum atomic E-state index is 0.597. The molecule has 1 heterocycles. The van der Waals surface area contributed by atoms with Crippen molar-refractivity contribution in [1.29, 1.82) is 0 Å². The largest absolute Gasteiger partial charge is 0.454 e. The van der Waals surface area contributed by atoms with Crippen molar-refractivity contribution >= 4 is 11.9 Å². The molecule has 0 spiro atoms. The van der Waals surface area contributed by atoms with Crippen LogP contribution in [-0.4, -0.2) is 6.21 Å². The summed E-state index contributed by atoms with van der Waals surface area (Å²) in [5.74, 6) is 1.95. The van der Waals surface area contributed by atoms with Crippen LogP contribution in [0.4, 0.5) is 5.69 Å². The second-order valence-electron chi connectivity index (χ2n) is 3.07. The van der Waals surface area contributed by atoms with E-state index in [2.05, 4.69) is 16.9 Å². The van der Waals surface area contributed by atoms with Gasteiger partial charge in [-0.1, -0.05) is 6.58 Å². The quantitative estimate of drug-likeness (QED) is 0.715. The maximum Gasteiger partial charge on any atom is 0.161 e. The first-order chi connectivity index (χ1) is 7.24. The molecule has 0 bridgehead atoms. The summed E-state index contributed by atoms with van der Waals surface area (Å²) in [6.07, 6.45) is 3.31. The van der Waals surface area contributed by atoms with Crippen molar-refractivity contribution in [2.45, 2.75) is 0 Å². The van der Waals surface area contributed by atoms with E-state index in [1.54, 1.807) is 36.7 Å². The lowest BCUT2D eigenvalue weighted by molar-refractivity contribution is 0.451. The molecule has 1 aromatic rings. The van der Waals surface area contributed by atoms with Gasteiger partial charge in [-0.05, 0) is 24.3 Å². The van der Waals surface area contributed by atoms with Gasteiger partial charge in [0.1, 0.15) is 11.6 Å². The Morgan fingerprint density at radius 2 is 2.00 bits per heavy atom.